The van der Waals surface area contributed by atoms with Gasteiger partial charge in [-0.1, -0.05) is 54.1 Å². The van der Waals surface area contributed by atoms with Gasteiger partial charge in [0, 0.05) is 24.7 Å². The van der Waals surface area contributed by atoms with Gasteiger partial charge in [-0.05, 0) is 29.2 Å². The molecule has 0 bridgehead atoms. The van der Waals surface area contributed by atoms with Gasteiger partial charge < -0.3 is 5.32 Å². The number of benzene rings is 2. The van der Waals surface area contributed by atoms with Crippen LogP contribution in [0.1, 0.15) is 16.7 Å². The number of rotatable bonds is 4. The molecule has 22 heavy (non-hydrogen) atoms. The average molecular weight is 315 g/mol. The Bertz CT molecular complexity index is 672. The molecule has 3 nitrogen and oxygen atoms in total. The van der Waals surface area contributed by atoms with Gasteiger partial charge in [0.15, 0.2) is 0 Å². The number of fused-ring (bicyclic) bond motifs is 1. The van der Waals surface area contributed by atoms with E-state index in [1.165, 1.54) is 11.1 Å². The summed E-state index contributed by atoms with van der Waals surface area (Å²) in [6.45, 7) is 2.67. The minimum absolute atomic E-state index is 0.0410. The lowest BCUT2D eigenvalue weighted by molar-refractivity contribution is -0.122. The Labute approximate surface area is 135 Å². The summed E-state index contributed by atoms with van der Waals surface area (Å²) in [5.74, 6) is 0.0410. The Morgan fingerprint density at radius 3 is 2.64 bits per heavy atom. The molecule has 114 valence electrons. The first-order valence-electron chi connectivity index (χ1n) is 7.51. The fourth-order valence-electron chi connectivity index (χ4n) is 2.78. The van der Waals surface area contributed by atoms with Crippen molar-refractivity contribution in [1.29, 1.82) is 0 Å². The summed E-state index contributed by atoms with van der Waals surface area (Å²) >= 11 is 6.09. The maximum absolute atomic E-state index is 12.1. The molecular weight excluding hydrogens is 296 g/mol. The Morgan fingerprint density at radius 1 is 1.09 bits per heavy atom. The number of carbonyl (C=O) groups excluding carboxylic acids is 1. The molecule has 2 aromatic rings. The number of hydrogen-bond donors (Lipinski definition) is 1. The monoisotopic (exact) mass is 314 g/mol. The minimum Gasteiger partial charge on any atom is -0.351 e. The summed E-state index contributed by atoms with van der Waals surface area (Å²) in [5, 5.41) is 3.64. The molecule has 0 spiro atoms. The smallest absolute Gasteiger partial charge is 0.234 e. The van der Waals surface area contributed by atoms with Crippen molar-refractivity contribution in [3.63, 3.8) is 0 Å². The van der Waals surface area contributed by atoms with Crippen molar-refractivity contribution in [3.05, 3.63) is 70.2 Å². The highest BCUT2D eigenvalue weighted by Gasteiger charge is 2.17. The van der Waals surface area contributed by atoms with Gasteiger partial charge in [0.05, 0.1) is 6.54 Å². The second-order valence-corrected chi connectivity index (χ2v) is 6.00. The number of halogens is 1. The number of nitrogens with zero attached hydrogens (tertiary/aromatic N) is 1. The summed E-state index contributed by atoms with van der Waals surface area (Å²) in [7, 11) is 0. The zero-order chi connectivity index (χ0) is 15.4. The Morgan fingerprint density at radius 2 is 1.82 bits per heavy atom. The number of nitrogens with one attached hydrogen (secondary N) is 1. The molecule has 3 rings (SSSR count). The maximum atomic E-state index is 12.1. The van der Waals surface area contributed by atoms with E-state index in [4.69, 9.17) is 11.6 Å². The van der Waals surface area contributed by atoms with Crippen LogP contribution in [0, 0.1) is 0 Å². The van der Waals surface area contributed by atoms with E-state index < -0.39 is 0 Å². The van der Waals surface area contributed by atoms with Crippen LogP contribution in [0.15, 0.2) is 48.5 Å². The van der Waals surface area contributed by atoms with Crippen molar-refractivity contribution in [2.75, 3.05) is 13.1 Å². The first-order valence-corrected chi connectivity index (χ1v) is 7.89. The fourth-order valence-corrected chi connectivity index (χ4v) is 2.99. The molecule has 4 heteroatoms. The molecule has 0 radical (unpaired) electrons. The van der Waals surface area contributed by atoms with Crippen LogP contribution in [-0.4, -0.2) is 23.9 Å². The lowest BCUT2D eigenvalue weighted by Crippen LogP contribution is -2.39. The second-order valence-electron chi connectivity index (χ2n) is 5.60. The minimum atomic E-state index is 0.0410. The van der Waals surface area contributed by atoms with E-state index in [1.54, 1.807) is 0 Å². The van der Waals surface area contributed by atoms with Gasteiger partial charge in [-0.3, -0.25) is 9.69 Å². The lowest BCUT2D eigenvalue weighted by atomic mass is 10.00. The highest BCUT2D eigenvalue weighted by atomic mass is 35.5. The predicted octanol–water partition coefficient (Wildman–Crippen LogP) is 3.01. The second kappa shape index (κ2) is 6.95. The molecule has 1 N–H and O–H groups in total. The van der Waals surface area contributed by atoms with Crippen LogP contribution in [0.25, 0.3) is 0 Å². The molecule has 0 aliphatic carbocycles. The van der Waals surface area contributed by atoms with Crippen LogP contribution in [0.2, 0.25) is 5.02 Å². The standard InChI is InChI=1S/C18H19ClN2O/c19-17-8-4-3-6-15(17)11-20-18(22)13-21-10-9-14-5-1-2-7-16(14)12-21/h1-8H,9-13H2,(H,20,22). The van der Waals surface area contributed by atoms with E-state index >= 15 is 0 Å². The van der Waals surface area contributed by atoms with Crippen molar-refractivity contribution in [2.24, 2.45) is 0 Å². The van der Waals surface area contributed by atoms with E-state index in [0.717, 1.165) is 25.1 Å². The van der Waals surface area contributed by atoms with Crippen LogP contribution in [0.5, 0.6) is 0 Å². The Balaban J connectivity index is 1.52. The first-order chi connectivity index (χ1) is 10.7. The summed E-state index contributed by atoms with van der Waals surface area (Å²) in [5.41, 5.74) is 3.67. The van der Waals surface area contributed by atoms with Gasteiger partial charge in [-0.25, -0.2) is 0 Å². The number of hydrogen-bond acceptors (Lipinski definition) is 2. The number of carbonyl (C=O) groups is 1. The zero-order valence-electron chi connectivity index (χ0n) is 12.4. The van der Waals surface area contributed by atoms with Gasteiger partial charge in [-0.15, -0.1) is 0 Å². The summed E-state index contributed by atoms with van der Waals surface area (Å²) < 4.78 is 0. The van der Waals surface area contributed by atoms with Crippen molar-refractivity contribution in [2.45, 2.75) is 19.5 Å². The van der Waals surface area contributed by atoms with Gasteiger partial charge in [-0.2, -0.15) is 0 Å². The van der Waals surface area contributed by atoms with Crippen molar-refractivity contribution in [3.8, 4) is 0 Å². The first kappa shape index (κ1) is 15.1. The number of amides is 1. The largest absolute Gasteiger partial charge is 0.351 e. The van der Waals surface area contributed by atoms with Gasteiger partial charge in [0.2, 0.25) is 5.91 Å². The Kier molecular flexibility index (Phi) is 4.76. The summed E-state index contributed by atoms with van der Waals surface area (Å²) in [4.78, 5) is 14.3. The molecule has 2 aromatic carbocycles. The molecule has 0 aromatic heterocycles. The molecule has 1 amide bonds. The van der Waals surface area contributed by atoms with Crippen molar-refractivity contribution in [1.82, 2.24) is 10.2 Å². The molecular formula is C18H19ClN2O. The van der Waals surface area contributed by atoms with Crippen LogP contribution in [0.3, 0.4) is 0 Å². The van der Waals surface area contributed by atoms with Crippen LogP contribution < -0.4 is 5.32 Å². The normalized spacial score (nSPS) is 14.4. The van der Waals surface area contributed by atoms with Gasteiger partial charge in [0.25, 0.3) is 0 Å². The fraction of sp³-hybridized carbons (Fsp3) is 0.278. The van der Waals surface area contributed by atoms with Crippen molar-refractivity contribution >= 4 is 17.5 Å². The average Bonchev–Trinajstić information content (AvgIpc) is 2.54. The van der Waals surface area contributed by atoms with Crippen LogP contribution in [0.4, 0.5) is 0 Å². The molecule has 0 unspecified atom stereocenters. The Hall–Kier alpha value is -1.84. The van der Waals surface area contributed by atoms with Gasteiger partial charge >= 0.3 is 0 Å². The third-order valence-electron chi connectivity index (χ3n) is 4.01. The quantitative estimate of drug-likeness (QED) is 0.941. The zero-order valence-corrected chi connectivity index (χ0v) is 13.1. The molecule has 0 fully saturated rings. The van der Waals surface area contributed by atoms with E-state index in [2.05, 4.69) is 34.5 Å². The molecule has 1 aliphatic rings. The van der Waals surface area contributed by atoms with Crippen LogP contribution >= 0.6 is 11.6 Å². The topological polar surface area (TPSA) is 32.3 Å². The van der Waals surface area contributed by atoms with Crippen LogP contribution in [-0.2, 0) is 24.3 Å². The van der Waals surface area contributed by atoms with E-state index in [0.29, 0.717) is 18.1 Å². The SMILES string of the molecule is O=C(CN1CCc2ccccc2C1)NCc1ccccc1Cl. The van der Waals surface area contributed by atoms with E-state index in [9.17, 15) is 4.79 Å². The highest BCUT2D eigenvalue weighted by Crippen LogP contribution is 2.18. The summed E-state index contributed by atoms with van der Waals surface area (Å²) in [6.07, 6.45) is 1.01. The summed E-state index contributed by atoms with van der Waals surface area (Å²) in [6, 6.07) is 16.0. The lowest BCUT2D eigenvalue weighted by Gasteiger charge is -2.28. The van der Waals surface area contributed by atoms with Gasteiger partial charge in [0.1, 0.15) is 0 Å². The third kappa shape index (κ3) is 3.67. The highest BCUT2D eigenvalue weighted by molar-refractivity contribution is 6.31. The van der Waals surface area contributed by atoms with Crippen molar-refractivity contribution < 1.29 is 4.79 Å². The predicted molar refractivity (Wildman–Crippen MR) is 88.7 cm³/mol. The molecule has 1 aliphatic heterocycles. The van der Waals surface area contributed by atoms with E-state index in [-0.39, 0.29) is 5.91 Å². The maximum Gasteiger partial charge on any atom is 0.234 e. The van der Waals surface area contributed by atoms with E-state index in [1.807, 2.05) is 24.3 Å². The molecule has 0 saturated carbocycles. The molecule has 0 atom stereocenters. The molecule has 1 heterocycles. The third-order valence-corrected chi connectivity index (χ3v) is 4.38. The molecule has 0 saturated heterocycles.